The molecule has 9 rings (SSSR count). The maximum absolute atomic E-state index is 2.44. The molecule has 7 aromatic carbocycles. The Kier molecular flexibility index (Phi) is 6.40. The van der Waals surface area contributed by atoms with Crippen LogP contribution in [-0.4, -0.2) is 4.57 Å². The third-order valence-corrected chi connectivity index (χ3v) is 9.57. The fraction of sp³-hybridized carbons (Fsp3) is 0.0455. The molecular formula is C44H33N2+. The zero-order valence-corrected chi connectivity index (χ0v) is 25.5. The third-order valence-electron chi connectivity index (χ3n) is 9.57. The highest BCUT2D eigenvalue weighted by Gasteiger charge is 2.20. The van der Waals surface area contributed by atoms with Gasteiger partial charge in [-0.1, -0.05) is 127 Å². The smallest absolute Gasteiger partial charge is 0.138 e. The SMILES string of the molecule is C(Cc1ccc(-c2cc3c(c4ccccc24)c2ccccc2n3-c2ccc(-c3ccccc3)cc2)cc1)=C1Cc2ccccc2[NH2+]1. The number of fused-ring (bicyclic) bond motifs is 6. The van der Waals surface area contributed by atoms with Gasteiger partial charge in [0.25, 0.3) is 0 Å². The van der Waals surface area contributed by atoms with Gasteiger partial charge in [-0.05, 0) is 81.4 Å². The van der Waals surface area contributed by atoms with Crippen LogP contribution in [0.15, 0.2) is 169 Å². The van der Waals surface area contributed by atoms with E-state index in [0.717, 1.165) is 12.8 Å². The first kappa shape index (κ1) is 26.7. The molecule has 1 aromatic heterocycles. The molecule has 0 amide bonds. The van der Waals surface area contributed by atoms with Crippen molar-refractivity contribution in [3.05, 3.63) is 181 Å². The van der Waals surface area contributed by atoms with Crippen molar-refractivity contribution in [1.29, 1.82) is 0 Å². The van der Waals surface area contributed by atoms with E-state index < -0.39 is 0 Å². The van der Waals surface area contributed by atoms with Crippen molar-refractivity contribution in [2.45, 2.75) is 12.8 Å². The molecule has 0 unspecified atom stereocenters. The van der Waals surface area contributed by atoms with Gasteiger partial charge < -0.3 is 4.57 Å². The number of nitrogens with zero attached hydrogens (tertiary/aromatic N) is 1. The number of para-hydroxylation sites is 2. The Morgan fingerprint density at radius 3 is 2.00 bits per heavy atom. The van der Waals surface area contributed by atoms with E-state index in [2.05, 4.69) is 174 Å². The summed E-state index contributed by atoms with van der Waals surface area (Å²) >= 11 is 0. The van der Waals surface area contributed by atoms with Crippen LogP contribution in [0, 0.1) is 0 Å². The molecule has 2 N–H and O–H groups in total. The second-order valence-corrected chi connectivity index (χ2v) is 12.3. The van der Waals surface area contributed by atoms with Crippen molar-refractivity contribution >= 4 is 38.3 Å². The lowest BCUT2D eigenvalue weighted by Crippen LogP contribution is -2.73. The van der Waals surface area contributed by atoms with Crippen LogP contribution in [-0.2, 0) is 12.8 Å². The average molecular weight is 590 g/mol. The number of rotatable bonds is 5. The Bertz CT molecular complexity index is 2380. The third kappa shape index (κ3) is 4.54. The molecule has 1 aliphatic heterocycles. The molecule has 0 saturated carbocycles. The van der Waals surface area contributed by atoms with Crippen LogP contribution in [0.5, 0.6) is 0 Å². The van der Waals surface area contributed by atoms with Crippen molar-refractivity contribution in [1.82, 2.24) is 4.57 Å². The average Bonchev–Trinajstić information content (AvgIpc) is 3.70. The van der Waals surface area contributed by atoms with E-state index in [1.165, 1.54) is 83.0 Å². The van der Waals surface area contributed by atoms with Crippen LogP contribution in [0.4, 0.5) is 5.69 Å². The molecule has 0 fully saturated rings. The number of allylic oxidation sites excluding steroid dienone is 2. The van der Waals surface area contributed by atoms with Crippen molar-refractivity contribution in [3.63, 3.8) is 0 Å². The lowest BCUT2D eigenvalue weighted by atomic mass is 9.94. The van der Waals surface area contributed by atoms with E-state index in [-0.39, 0.29) is 0 Å². The maximum Gasteiger partial charge on any atom is 0.138 e. The van der Waals surface area contributed by atoms with Gasteiger partial charge in [0, 0.05) is 22.0 Å². The Morgan fingerprint density at radius 2 is 1.20 bits per heavy atom. The molecule has 2 heterocycles. The lowest BCUT2D eigenvalue weighted by Gasteiger charge is -2.13. The summed E-state index contributed by atoms with van der Waals surface area (Å²) in [7, 11) is 0. The molecule has 0 saturated heterocycles. The monoisotopic (exact) mass is 589 g/mol. The zero-order chi connectivity index (χ0) is 30.5. The van der Waals surface area contributed by atoms with Crippen LogP contribution >= 0.6 is 0 Å². The number of quaternary nitrogens is 1. The van der Waals surface area contributed by atoms with Crippen molar-refractivity contribution in [2.75, 3.05) is 0 Å². The summed E-state index contributed by atoms with van der Waals surface area (Å²) in [5, 5.41) is 7.49. The van der Waals surface area contributed by atoms with E-state index >= 15 is 0 Å². The minimum atomic E-state index is 0.938. The number of nitrogens with two attached hydrogens (primary N) is 1. The molecule has 0 spiro atoms. The first-order valence-electron chi connectivity index (χ1n) is 16.1. The van der Waals surface area contributed by atoms with Crippen molar-refractivity contribution < 1.29 is 5.32 Å². The predicted molar refractivity (Wildman–Crippen MR) is 193 cm³/mol. The Hall–Kier alpha value is -5.70. The molecule has 0 atom stereocenters. The predicted octanol–water partition coefficient (Wildman–Crippen LogP) is 10.1. The lowest BCUT2D eigenvalue weighted by molar-refractivity contribution is -0.511. The van der Waals surface area contributed by atoms with Gasteiger partial charge in [-0.15, -0.1) is 0 Å². The molecule has 46 heavy (non-hydrogen) atoms. The van der Waals surface area contributed by atoms with Gasteiger partial charge >= 0.3 is 0 Å². The van der Waals surface area contributed by atoms with Crippen molar-refractivity contribution in [2.24, 2.45) is 0 Å². The van der Waals surface area contributed by atoms with E-state index in [1.54, 1.807) is 0 Å². The summed E-state index contributed by atoms with van der Waals surface area (Å²) < 4.78 is 2.44. The van der Waals surface area contributed by atoms with E-state index in [4.69, 9.17) is 0 Å². The normalized spacial score (nSPS) is 13.6. The van der Waals surface area contributed by atoms with E-state index in [0.29, 0.717) is 0 Å². The second-order valence-electron chi connectivity index (χ2n) is 12.3. The standard InChI is InChI=1S/C44H32N2/c1-2-10-31(11-3-1)32-23-26-36(27-24-32)46-42-17-9-7-15-39(42)44-38-14-6-5-13-37(38)40(29-43(44)46)33-21-18-30(19-22-33)20-25-35-28-34-12-4-8-16-41(34)45-35/h1-19,21-27,29,45H,20,28H2/p+1. The minimum absolute atomic E-state index is 0.938. The van der Waals surface area contributed by atoms with Gasteiger partial charge in [0.2, 0.25) is 0 Å². The minimum Gasteiger partial charge on any atom is -0.309 e. The summed E-state index contributed by atoms with van der Waals surface area (Å²) in [5.41, 5.74) is 14.1. The number of aromatic nitrogens is 1. The topological polar surface area (TPSA) is 21.5 Å². The molecule has 2 heteroatoms. The van der Waals surface area contributed by atoms with Crippen LogP contribution in [0.1, 0.15) is 11.1 Å². The fourth-order valence-corrected chi connectivity index (χ4v) is 7.29. The highest BCUT2D eigenvalue weighted by Crippen LogP contribution is 2.41. The van der Waals surface area contributed by atoms with Gasteiger partial charge in [0.05, 0.1) is 17.5 Å². The van der Waals surface area contributed by atoms with Crippen LogP contribution in [0.25, 0.3) is 60.5 Å². The van der Waals surface area contributed by atoms with Crippen LogP contribution in [0.2, 0.25) is 0 Å². The van der Waals surface area contributed by atoms with Gasteiger partial charge in [-0.25, -0.2) is 0 Å². The Labute approximate surface area is 268 Å². The molecule has 8 aromatic rings. The summed E-state index contributed by atoms with van der Waals surface area (Å²) in [6, 6.07) is 57.6. The highest BCUT2D eigenvalue weighted by molar-refractivity contribution is 6.24. The summed E-state index contributed by atoms with van der Waals surface area (Å²) in [5.74, 6) is 0. The molecule has 0 radical (unpaired) electrons. The second kappa shape index (κ2) is 11.0. The fourth-order valence-electron chi connectivity index (χ4n) is 7.29. The number of hydrogen-bond acceptors (Lipinski definition) is 0. The Morgan fingerprint density at radius 1 is 0.543 bits per heavy atom. The summed E-state index contributed by atoms with van der Waals surface area (Å²) in [6.07, 6.45) is 4.36. The van der Waals surface area contributed by atoms with E-state index in [9.17, 15) is 0 Å². The molecule has 0 aliphatic carbocycles. The first-order valence-corrected chi connectivity index (χ1v) is 16.1. The van der Waals surface area contributed by atoms with Crippen LogP contribution in [0.3, 0.4) is 0 Å². The number of benzene rings is 7. The summed E-state index contributed by atoms with van der Waals surface area (Å²) in [6.45, 7) is 0. The quantitative estimate of drug-likeness (QED) is 0.193. The van der Waals surface area contributed by atoms with Gasteiger partial charge in [0.15, 0.2) is 0 Å². The van der Waals surface area contributed by atoms with Crippen molar-refractivity contribution in [3.8, 4) is 27.9 Å². The van der Waals surface area contributed by atoms with E-state index in [1.807, 2.05) is 0 Å². The molecule has 218 valence electrons. The molecular weight excluding hydrogens is 556 g/mol. The maximum atomic E-state index is 2.44. The number of hydrogen-bond donors (Lipinski definition) is 1. The zero-order valence-electron chi connectivity index (χ0n) is 25.5. The summed E-state index contributed by atoms with van der Waals surface area (Å²) in [4.78, 5) is 0. The molecule has 2 nitrogen and oxygen atoms in total. The van der Waals surface area contributed by atoms with Gasteiger partial charge in [-0.3, -0.25) is 5.32 Å². The molecule has 0 bridgehead atoms. The highest BCUT2D eigenvalue weighted by atomic mass is 15.0. The largest absolute Gasteiger partial charge is 0.309 e. The van der Waals surface area contributed by atoms with Gasteiger partial charge in [-0.2, -0.15) is 0 Å². The van der Waals surface area contributed by atoms with Crippen LogP contribution < -0.4 is 5.32 Å². The molecule has 1 aliphatic rings. The van der Waals surface area contributed by atoms with Gasteiger partial charge in [0.1, 0.15) is 11.4 Å². The Balaban J connectivity index is 1.14. The first-order chi connectivity index (χ1) is 22.8.